The number of benzene rings is 1. The third-order valence-corrected chi connectivity index (χ3v) is 7.10. The normalized spacial score (nSPS) is 14.5. The molecule has 0 saturated carbocycles. The molecule has 27 heavy (non-hydrogen) atoms. The lowest BCUT2D eigenvalue weighted by Crippen LogP contribution is -2.19. The van der Waals surface area contributed by atoms with Gasteiger partial charge in [-0.15, -0.1) is 0 Å². The summed E-state index contributed by atoms with van der Waals surface area (Å²) in [6.07, 6.45) is 0.646. The molecule has 0 bridgehead atoms. The van der Waals surface area contributed by atoms with E-state index in [-0.39, 0.29) is 10.6 Å². The molecule has 0 radical (unpaired) electrons. The van der Waals surface area contributed by atoms with Crippen molar-refractivity contribution >= 4 is 42.8 Å². The van der Waals surface area contributed by atoms with Gasteiger partial charge in [-0.1, -0.05) is 0 Å². The number of sulfonamides is 1. The van der Waals surface area contributed by atoms with Crippen LogP contribution in [0.5, 0.6) is 0 Å². The van der Waals surface area contributed by atoms with E-state index in [2.05, 4.69) is 25.8 Å². The number of ether oxygens (including phenoxy) is 1. The molecule has 0 aliphatic carbocycles. The van der Waals surface area contributed by atoms with Crippen LogP contribution in [0.1, 0.15) is 11.3 Å². The first kappa shape index (κ1) is 18.3. The van der Waals surface area contributed by atoms with Crippen LogP contribution in [0.25, 0.3) is 11.0 Å². The second-order valence-corrected chi connectivity index (χ2v) is 8.98. The lowest BCUT2D eigenvalue weighted by molar-refractivity contribution is 0.110. The molecule has 1 N–H and O–H groups in total. The minimum Gasteiger partial charge on any atom is -0.376 e. The summed E-state index contributed by atoms with van der Waals surface area (Å²) in [5, 5.41) is 4.38. The Morgan fingerprint density at radius 3 is 2.56 bits per heavy atom. The Bertz CT molecular complexity index is 1240. The molecule has 4 rings (SSSR count). The average molecular weight is 456 g/mol. The van der Waals surface area contributed by atoms with Gasteiger partial charge in [-0.3, -0.25) is 18.5 Å². The molecule has 144 valence electrons. The molecule has 11 heteroatoms. The fraction of sp³-hybridized carbons (Fsp3) is 0.375. The molecule has 1 aliphatic heterocycles. The van der Waals surface area contributed by atoms with Gasteiger partial charge in [-0.2, -0.15) is 5.10 Å². The van der Waals surface area contributed by atoms with Gasteiger partial charge < -0.3 is 4.74 Å². The van der Waals surface area contributed by atoms with E-state index in [1.165, 1.54) is 19.9 Å². The van der Waals surface area contributed by atoms with Gasteiger partial charge >= 0.3 is 5.69 Å². The highest BCUT2D eigenvalue weighted by molar-refractivity contribution is 9.10. The predicted molar refractivity (Wildman–Crippen MR) is 103 cm³/mol. The van der Waals surface area contributed by atoms with Gasteiger partial charge in [0.15, 0.2) is 0 Å². The summed E-state index contributed by atoms with van der Waals surface area (Å²) in [5.41, 5.74) is 2.52. The van der Waals surface area contributed by atoms with Gasteiger partial charge in [-0.25, -0.2) is 13.2 Å². The Balaban J connectivity index is 1.84. The SMILES string of the molecule is Cn1nc2c(c1NS(=O)(=O)c1cc3c(cc1Br)n(C)c(=O)n3C)COCC2. The van der Waals surface area contributed by atoms with Crippen LogP contribution in [-0.2, 0) is 48.9 Å². The highest BCUT2D eigenvalue weighted by Gasteiger charge is 2.26. The highest BCUT2D eigenvalue weighted by Crippen LogP contribution is 2.31. The van der Waals surface area contributed by atoms with Gasteiger partial charge in [-0.05, 0) is 28.1 Å². The zero-order chi connectivity index (χ0) is 19.5. The smallest absolute Gasteiger partial charge is 0.328 e. The van der Waals surface area contributed by atoms with Crippen molar-refractivity contribution < 1.29 is 13.2 Å². The van der Waals surface area contributed by atoms with E-state index in [0.717, 1.165) is 11.3 Å². The summed E-state index contributed by atoms with van der Waals surface area (Å²) >= 11 is 3.33. The lowest BCUT2D eigenvalue weighted by Gasteiger charge is -2.14. The third kappa shape index (κ3) is 2.80. The minimum atomic E-state index is -3.92. The van der Waals surface area contributed by atoms with Crippen molar-refractivity contribution in [3.63, 3.8) is 0 Å². The molecule has 0 unspecified atom stereocenters. The molecule has 0 fully saturated rings. The first-order chi connectivity index (χ1) is 12.7. The number of halogens is 1. The Kier molecular flexibility index (Phi) is 4.20. The van der Waals surface area contributed by atoms with Gasteiger partial charge in [0.25, 0.3) is 10.0 Å². The first-order valence-corrected chi connectivity index (χ1v) is 10.5. The van der Waals surface area contributed by atoms with Crippen molar-refractivity contribution in [2.75, 3.05) is 11.3 Å². The molecule has 0 spiro atoms. The van der Waals surface area contributed by atoms with Crippen molar-refractivity contribution in [1.82, 2.24) is 18.9 Å². The van der Waals surface area contributed by atoms with E-state index in [9.17, 15) is 13.2 Å². The van der Waals surface area contributed by atoms with E-state index in [0.29, 0.717) is 41.0 Å². The second-order valence-electron chi connectivity index (χ2n) is 6.48. The zero-order valence-corrected chi connectivity index (χ0v) is 17.4. The number of fused-ring (bicyclic) bond motifs is 2. The minimum absolute atomic E-state index is 0.0443. The second kappa shape index (κ2) is 6.21. The quantitative estimate of drug-likeness (QED) is 0.640. The van der Waals surface area contributed by atoms with Gasteiger partial charge in [0.05, 0.1) is 29.9 Å². The van der Waals surface area contributed by atoms with Crippen LogP contribution in [0.3, 0.4) is 0 Å². The first-order valence-electron chi connectivity index (χ1n) is 8.21. The molecular weight excluding hydrogens is 438 g/mol. The van der Waals surface area contributed by atoms with Crippen LogP contribution >= 0.6 is 15.9 Å². The fourth-order valence-electron chi connectivity index (χ4n) is 3.34. The number of nitrogens with zero attached hydrogens (tertiary/aromatic N) is 4. The average Bonchev–Trinajstić information content (AvgIpc) is 3.04. The van der Waals surface area contributed by atoms with Crippen LogP contribution in [0.15, 0.2) is 26.3 Å². The maximum absolute atomic E-state index is 13.1. The maximum atomic E-state index is 13.1. The summed E-state index contributed by atoms with van der Waals surface area (Å²) in [6.45, 7) is 0.884. The van der Waals surface area contributed by atoms with Gasteiger partial charge in [0.2, 0.25) is 0 Å². The Hall–Kier alpha value is -2.11. The van der Waals surface area contributed by atoms with Crippen LogP contribution in [0.4, 0.5) is 5.82 Å². The molecule has 3 aromatic rings. The van der Waals surface area contributed by atoms with E-state index in [1.54, 1.807) is 27.2 Å². The third-order valence-electron chi connectivity index (χ3n) is 4.80. The summed E-state index contributed by atoms with van der Waals surface area (Å²) in [7, 11) is 1.02. The highest BCUT2D eigenvalue weighted by atomic mass is 79.9. The molecule has 0 atom stereocenters. The summed E-state index contributed by atoms with van der Waals surface area (Å²) in [5.74, 6) is 0.388. The van der Waals surface area contributed by atoms with Crippen LogP contribution in [-0.4, -0.2) is 33.9 Å². The summed E-state index contributed by atoms with van der Waals surface area (Å²) in [6, 6.07) is 3.12. The van der Waals surface area contributed by atoms with Crippen molar-refractivity contribution in [1.29, 1.82) is 0 Å². The van der Waals surface area contributed by atoms with Gasteiger partial charge in [0.1, 0.15) is 10.7 Å². The molecule has 1 aromatic carbocycles. The molecule has 0 saturated heterocycles. The fourth-order valence-corrected chi connectivity index (χ4v) is 5.51. The number of hydrogen-bond donors (Lipinski definition) is 1. The van der Waals surface area contributed by atoms with E-state index in [4.69, 9.17) is 4.74 Å². The zero-order valence-electron chi connectivity index (χ0n) is 15.0. The van der Waals surface area contributed by atoms with E-state index in [1.807, 2.05) is 0 Å². The Morgan fingerprint density at radius 1 is 1.19 bits per heavy atom. The molecule has 2 aromatic heterocycles. The molecule has 3 heterocycles. The number of imidazole rings is 1. The monoisotopic (exact) mass is 455 g/mol. The van der Waals surface area contributed by atoms with Crippen molar-refractivity contribution in [3.05, 3.63) is 38.3 Å². The number of rotatable bonds is 3. The maximum Gasteiger partial charge on any atom is 0.328 e. The van der Waals surface area contributed by atoms with E-state index < -0.39 is 10.0 Å². The molecule has 9 nitrogen and oxygen atoms in total. The Morgan fingerprint density at radius 2 is 1.85 bits per heavy atom. The van der Waals surface area contributed by atoms with Crippen LogP contribution in [0, 0.1) is 0 Å². The van der Waals surface area contributed by atoms with Crippen LogP contribution in [0.2, 0.25) is 0 Å². The Labute approximate surface area is 163 Å². The van der Waals surface area contributed by atoms with Crippen molar-refractivity contribution in [3.8, 4) is 0 Å². The molecule has 0 amide bonds. The topological polar surface area (TPSA) is 100 Å². The predicted octanol–water partition coefficient (Wildman–Crippen LogP) is 1.25. The van der Waals surface area contributed by atoms with Crippen molar-refractivity contribution in [2.45, 2.75) is 17.9 Å². The number of nitrogens with one attached hydrogen (secondary N) is 1. The standard InChI is InChI=1S/C16H18BrN5O4S/c1-20-12-6-10(17)14(7-13(12)21(2)16(20)23)27(24,25)19-15-9-8-26-5-4-11(9)18-22(15)3/h6-7,19H,4-5,8H2,1-3H3. The largest absolute Gasteiger partial charge is 0.376 e. The summed E-state index contributed by atoms with van der Waals surface area (Å²) < 4.78 is 39.0. The number of aryl methyl sites for hydroxylation is 3. The molecular formula is C16H18BrN5O4S. The van der Waals surface area contributed by atoms with Crippen molar-refractivity contribution in [2.24, 2.45) is 21.1 Å². The number of hydrogen-bond acceptors (Lipinski definition) is 5. The molecule has 1 aliphatic rings. The number of aromatic nitrogens is 4. The summed E-state index contributed by atoms with van der Waals surface area (Å²) in [4.78, 5) is 12.2. The number of anilines is 1. The van der Waals surface area contributed by atoms with Crippen LogP contribution < -0.4 is 10.4 Å². The van der Waals surface area contributed by atoms with Gasteiger partial charge in [0, 0.05) is 37.6 Å². The lowest BCUT2D eigenvalue weighted by atomic mass is 10.1. The van der Waals surface area contributed by atoms with E-state index >= 15 is 0 Å².